The Bertz CT molecular complexity index is 588. The van der Waals surface area contributed by atoms with Crippen molar-refractivity contribution in [1.29, 1.82) is 0 Å². The molecule has 1 nitrogen and oxygen atoms in total. The Balaban J connectivity index is 2.47. The predicted molar refractivity (Wildman–Crippen MR) is 98.4 cm³/mol. The van der Waals surface area contributed by atoms with Gasteiger partial charge in [0.15, 0.2) is 0 Å². The lowest BCUT2D eigenvalue weighted by molar-refractivity contribution is 0.597. The molecular weight excluding hydrogens is 448 g/mol. The Morgan fingerprint density at radius 1 is 1.20 bits per heavy atom. The van der Waals surface area contributed by atoms with Crippen LogP contribution in [0.5, 0.6) is 0 Å². The van der Waals surface area contributed by atoms with Gasteiger partial charge < -0.3 is 5.32 Å². The number of halogens is 3. The molecule has 0 aliphatic carbocycles. The van der Waals surface area contributed by atoms with Crippen molar-refractivity contribution in [2.24, 2.45) is 0 Å². The van der Waals surface area contributed by atoms with Gasteiger partial charge >= 0.3 is 0 Å². The molecule has 2 aromatic rings. The van der Waals surface area contributed by atoms with Gasteiger partial charge in [0.05, 0.1) is 6.04 Å². The van der Waals surface area contributed by atoms with E-state index in [9.17, 15) is 0 Å². The molecule has 1 atom stereocenters. The summed E-state index contributed by atoms with van der Waals surface area (Å²) in [5, 5.41) is 4.39. The summed E-state index contributed by atoms with van der Waals surface area (Å²) >= 11 is 12.4. The fourth-order valence-electron chi connectivity index (χ4n) is 2.12. The van der Waals surface area contributed by atoms with Crippen LogP contribution in [0.15, 0.2) is 46.9 Å². The highest BCUT2D eigenvalue weighted by Gasteiger charge is 2.18. The van der Waals surface area contributed by atoms with E-state index in [2.05, 4.69) is 75.0 Å². The number of hydrogen-bond acceptors (Lipinski definition) is 1. The Hall–Kier alpha value is -0.100. The van der Waals surface area contributed by atoms with Crippen molar-refractivity contribution >= 4 is 50.1 Å². The molecule has 0 aliphatic heterocycles. The number of hydrogen-bond donors (Lipinski definition) is 1. The summed E-state index contributed by atoms with van der Waals surface area (Å²) in [5.74, 6) is 0. The topological polar surface area (TPSA) is 12.0 Å². The van der Waals surface area contributed by atoms with Gasteiger partial charge in [0, 0.05) is 13.1 Å². The van der Waals surface area contributed by atoms with Gasteiger partial charge in [-0.05, 0) is 70.9 Å². The van der Waals surface area contributed by atoms with Crippen molar-refractivity contribution in [3.8, 4) is 0 Å². The smallest absolute Gasteiger partial charge is 0.0602 e. The van der Waals surface area contributed by atoms with Gasteiger partial charge in [0.25, 0.3) is 0 Å². The van der Waals surface area contributed by atoms with Crippen LogP contribution in [0.4, 0.5) is 0 Å². The van der Waals surface area contributed by atoms with Crippen LogP contribution in [0.3, 0.4) is 0 Å². The molecule has 0 radical (unpaired) electrons. The average Bonchev–Trinajstić information content (AvgIpc) is 2.44. The predicted octanol–water partition coefficient (Wildman–Crippen LogP) is 5.80. The minimum Gasteiger partial charge on any atom is -0.306 e. The van der Waals surface area contributed by atoms with E-state index in [-0.39, 0.29) is 6.04 Å². The van der Waals surface area contributed by atoms with Gasteiger partial charge in [-0.25, -0.2) is 0 Å². The van der Waals surface area contributed by atoms with E-state index in [4.69, 9.17) is 11.6 Å². The maximum atomic E-state index is 6.38. The summed E-state index contributed by atoms with van der Waals surface area (Å²) in [6, 6.07) is 14.5. The third kappa shape index (κ3) is 3.97. The molecule has 0 spiro atoms. The molecule has 20 heavy (non-hydrogen) atoms. The third-order valence-corrected chi connectivity index (χ3v) is 4.82. The molecule has 0 bridgehead atoms. The van der Waals surface area contributed by atoms with Crippen molar-refractivity contribution < 1.29 is 0 Å². The molecule has 0 amide bonds. The Morgan fingerprint density at radius 2 is 1.95 bits per heavy atom. The van der Waals surface area contributed by atoms with Crippen LogP contribution < -0.4 is 5.32 Å². The fourth-order valence-corrected chi connectivity index (χ4v) is 3.36. The fraction of sp³-hybridized carbons (Fsp3) is 0.250. The number of rotatable bonds is 5. The first-order valence-corrected chi connectivity index (χ1v) is 8.81. The standard InChI is InChI=1S/C16H16BrClIN/c1-2-9-20-16(12-5-3-4-6-15(12)18)13-10-11(19)7-8-14(13)17/h3-8,10,16,20H,2,9H2,1H3. The molecular formula is C16H16BrClIN. The van der Waals surface area contributed by atoms with E-state index in [0.717, 1.165) is 28.0 Å². The summed E-state index contributed by atoms with van der Waals surface area (Å²) in [7, 11) is 0. The highest BCUT2D eigenvalue weighted by Crippen LogP contribution is 2.33. The quantitative estimate of drug-likeness (QED) is 0.552. The molecule has 0 saturated carbocycles. The lowest BCUT2D eigenvalue weighted by Gasteiger charge is -2.22. The van der Waals surface area contributed by atoms with Crippen molar-refractivity contribution in [2.45, 2.75) is 19.4 Å². The lowest BCUT2D eigenvalue weighted by atomic mass is 9.98. The van der Waals surface area contributed by atoms with Crippen LogP contribution in [0.25, 0.3) is 0 Å². The average molecular weight is 465 g/mol. The van der Waals surface area contributed by atoms with E-state index in [0.29, 0.717) is 0 Å². The maximum absolute atomic E-state index is 6.38. The van der Waals surface area contributed by atoms with E-state index >= 15 is 0 Å². The second kappa shape index (κ2) is 7.78. The first-order valence-electron chi connectivity index (χ1n) is 6.56. The summed E-state index contributed by atoms with van der Waals surface area (Å²) in [6.45, 7) is 3.12. The molecule has 0 aliphatic rings. The number of nitrogens with one attached hydrogen (secondary N) is 1. The molecule has 0 heterocycles. The van der Waals surface area contributed by atoms with Crippen LogP contribution in [-0.2, 0) is 0 Å². The molecule has 2 rings (SSSR count). The van der Waals surface area contributed by atoms with Crippen LogP contribution in [0.2, 0.25) is 5.02 Å². The van der Waals surface area contributed by atoms with E-state index < -0.39 is 0 Å². The Morgan fingerprint density at radius 3 is 2.65 bits per heavy atom. The van der Waals surface area contributed by atoms with Crippen molar-refractivity contribution in [1.82, 2.24) is 5.32 Å². The van der Waals surface area contributed by atoms with Crippen LogP contribution in [-0.4, -0.2) is 6.54 Å². The minimum absolute atomic E-state index is 0.104. The first-order chi connectivity index (χ1) is 9.63. The second-order valence-corrected chi connectivity index (χ2v) is 7.08. The zero-order valence-corrected chi connectivity index (χ0v) is 15.7. The zero-order valence-electron chi connectivity index (χ0n) is 11.2. The summed E-state index contributed by atoms with van der Waals surface area (Å²) in [5.41, 5.74) is 2.34. The molecule has 4 heteroatoms. The molecule has 0 saturated heterocycles. The monoisotopic (exact) mass is 463 g/mol. The van der Waals surface area contributed by atoms with Crippen LogP contribution in [0.1, 0.15) is 30.5 Å². The van der Waals surface area contributed by atoms with Crippen molar-refractivity contribution in [3.05, 3.63) is 66.7 Å². The molecule has 0 fully saturated rings. The van der Waals surface area contributed by atoms with Gasteiger partial charge in [-0.15, -0.1) is 0 Å². The van der Waals surface area contributed by atoms with Gasteiger partial charge in [-0.3, -0.25) is 0 Å². The van der Waals surface area contributed by atoms with Gasteiger partial charge in [-0.2, -0.15) is 0 Å². The molecule has 1 N–H and O–H groups in total. The second-order valence-electron chi connectivity index (χ2n) is 4.57. The Kier molecular flexibility index (Phi) is 6.33. The highest BCUT2D eigenvalue weighted by molar-refractivity contribution is 14.1. The lowest BCUT2D eigenvalue weighted by Crippen LogP contribution is -2.24. The maximum Gasteiger partial charge on any atom is 0.0602 e. The summed E-state index contributed by atoms with van der Waals surface area (Å²) < 4.78 is 2.32. The molecule has 106 valence electrons. The van der Waals surface area contributed by atoms with Gasteiger partial charge in [-0.1, -0.05) is 52.7 Å². The minimum atomic E-state index is 0.104. The largest absolute Gasteiger partial charge is 0.306 e. The summed E-state index contributed by atoms with van der Waals surface area (Å²) in [6.07, 6.45) is 1.09. The number of benzene rings is 2. The Labute approximate surface area is 147 Å². The van der Waals surface area contributed by atoms with Crippen molar-refractivity contribution in [2.75, 3.05) is 6.54 Å². The SMILES string of the molecule is CCCNC(c1ccccc1Cl)c1cc(I)ccc1Br. The molecule has 0 aromatic heterocycles. The normalized spacial score (nSPS) is 12.4. The highest BCUT2D eigenvalue weighted by atomic mass is 127. The third-order valence-electron chi connectivity index (χ3n) is 3.08. The first kappa shape index (κ1) is 16.3. The van der Waals surface area contributed by atoms with E-state index in [1.54, 1.807) is 0 Å². The van der Waals surface area contributed by atoms with Crippen LogP contribution >= 0.6 is 50.1 Å². The van der Waals surface area contributed by atoms with Crippen molar-refractivity contribution in [3.63, 3.8) is 0 Å². The molecule has 2 aromatic carbocycles. The van der Waals surface area contributed by atoms with E-state index in [1.165, 1.54) is 9.13 Å². The molecule has 1 unspecified atom stereocenters. The van der Waals surface area contributed by atoms with Gasteiger partial charge in [0.1, 0.15) is 0 Å². The summed E-state index contributed by atoms with van der Waals surface area (Å²) in [4.78, 5) is 0. The van der Waals surface area contributed by atoms with Gasteiger partial charge in [0.2, 0.25) is 0 Å². The van der Waals surface area contributed by atoms with E-state index in [1.807, 2.05) is 18.2 Å². The van der Waals surface area contributed by atoms with Crippen LogP contribution in [0, 0.1) is 3.57 Å². The zero-order chi connectivity index (χ0) is 14.5.